The highest BCUT2D eigenvalue weighted by Crippen LogP contribution is 2.23. The first-order valence-corrected chi connectivity index (χ1v) is 8.73. The first kappa shape index (κ1) is 19.9. The zero-order valence-electron chi connectivity index (χ0n) is 14.7. The van der Waals surface area contributed by atoms with E-state index in [4.69, 9.17) is 16.3 Å². The van der Waals surface area contributed by atoms with Gasteiger partial charge in [-0.05, 0) is 37.6 Å². The number of nitrogens with zero attached hydrogens (tertiary/aromatic N) is 1. The highest BCUT2D eigenvalue weighted by atomic mass is 35.5. The van der Waals surface area contributed by atoms with Gasteiger partial charge in [-0.15, -0.1) is 0 Å². The van der Waals surface area contributed by atoms with E-state index in [0.717, 1.165) is 17.7 Å². The summed E-state index contributed by atoms with van der Waals surface area (Å²) < 4.78 is 4.90. The highest BCUT2D eigenvalue weighted by molar-refractivity contribution is 6.30. The third-order valence-corrected chi connectivity index (χ3v) is 4.45. The minimum atomic E-state index is -1.01. The first-order valence-electron chi connectivity index (χ1n) is 8.35. The smallest absolute Gasteiger partial charge is 0.326 e. The van der Waals surface area contributed by atoms with Crippen LogP contribution in [0.5, 0.6) is 0 Å². The number of ether oxygens (including phenoxy) is 1. The van der Waals surface area contributed by atoms with Crippen LogP contribution >= 0.6 is 11.6 Å². The molecule has 26 heavy (non-hydrogen) atoms. The van der Waals surface area contributed by atoms with E-state index >= 15 is 0 Å². The van der Waals surface area contributed by atoms with Crippen molar-refractivity contribution in [2.75, 3.05) is 13.2 Å². The Kier molecular flexibility index (Phi) is 6.37. The Balaban J connectivity index is 1.89. The summed E-state index contributed by atoms with van der Waals surface area (Å²) in [6.45, 7) is 2.62. The molecule has 0 aromatic heterocycles. The molecule has 1 saturated heterocycles. The largest absolute Gasteiger partial charge is 0.456 e. The van der Waals surface area contributed by atoms with Crippen molar-refractivity contribution in [1.29, 1.82) is 0 Å². The van der Waals surface area contributed by atoms with Gasteiger partial charge in [0.2, 0.25) is 0 Å². The molecule has 1 heterocycles. The summed E-state index contributed by atoms with van der Waals surface area (Å²) in [7, 11) is 0. The van der Waals surface area contributed by atoms with Gasteiger partial charge in [0.05, 0.1) is 0 Å². The molecule has 0 radical (unpaired) electrons. The second-order valence-electron chi connectivity index (χ2n) is 6.35. The van der Waals surface area contributed by atoms with Gasteiger partial charge in [-0.1, -0.05) is 31.4 Å². The van der Waals surface area contributed by atoms with Gasteiger partial charge in [0.25, 0.3) is 5.91 Å². The highest BCUT2D eigenvalue weighted by Gasteiger charge is 2.47. The van der Waals surface area contributed by atoms with E-state index in [1.54, 1.807) is 19.1 Å². The number of imide groups is 1. The van der Waals surface area contributed by atoms with Gasteiger partial charge in [-0.25, -0.2) is 4.79 Å². The molecule has 0 aliphatic carbocycles. The number of amides is 3. The van der Waals surface area contributed by atoms with Gasteiger partial charge in [0.1, 0.15) is 12.1 Å². The normalized spacial score (nSPS) is 19.4. The van der Waals surface area contributed by atoms with Crippen LogP contribution in [-0.4, -0.2) is 47.3 Å². The summed E-state index contributed by atoms with van der Waals surface area (Å²) in [6, 6.07) is 5.53. The van der Waals surface area contributed by atoms with Crippen molar-refractivity contribution in [3.05, 3.63) is 34.9 Å². The molecule has 3 amide bonds. The third-order valence-electron chi connectivity index (χ3n) is 4.19. The van der Waals surface area contributed by atoms with Crippen LogP contribution in [0.25, 0.3) is 0 Å². The molecular weight excluding hydrogens is 360 g/mol. The molecule has 1 aromatic carbocycles. The molecule has 7 nitrogen and oxygen atoms in total. The average molecular weight is 381 g/mol. The Morgan fingerprint density at radius 2 is 1.88 bits per heavy atom. The Morgan fingerprint density at radius 1 is 1.23 bits per heavy atom. The van der Waals surface area contributed by atoms with Gasteiger partial charge >= 0.3 is 12.0 Å². The Labute approximate surface area is 156 Å². The summed E-state index contributed by atoms with van der Waals surface area (Å²) in [4.78, 5) is 49.2. The van der Waals surface area contributed by atoms with Gasteiger partial charge in [-0.2, -0.15) is 0 Å². The number of nitrogens with one attached hydrogen (secondary N) is 1. The SMILES string of the molecule is CCCC[C@]1(C)NC(=O)N(CC(=O)OCC(=O)c2ccc(Cl)cc2)C1=O. The van der Waals surface area contributed by atoms with E-state index < -0.39 is 42.4 Å². The van der Waals surface area contributed by atoms with Crippen LogP contribution in [0.15, 0.2) is 24.3 Å². The van der Waals surface area contributed by atoms with Crippen molar-refractivity contribution in [2.24, 2.45) is 0 Å². The van der Waals surface area contributed by atoms with Gasteiger partial charge in [-0.3, -0.25) is 19.3 Å². The number of hydrogen-bond acceptors (Lipinski definition) is 5. The third kappa shape index (κ3) is 4.60. The van der Waals surface area contributed by atoms with E-state index in [0.29, 0.717) is 17.0 Å². The van der Waals surface area contributed by atoms with E-state index in [1.807, 2.05) is 6.92 Å². The number of Topliss-reactive ketones (excluding diaryl/α,β-unsaturated/α-hetero) is 1. The maximum Gasteiger partial charge on any atom is 0.326 e. The minimum Gasteiger partial charge on any atom is -0.456 e. The number of urea groups is 1. The topological polar surface area (TPSA) is 92.8 Å². The van der Waals surface area contributed by atoms with Crippen LogP contribution in [0, 0.1) is 0 Å². The Hall–Kier alpha value is -2.41. The van der Waals surface area contributed by atoms with E-state index in [-0.39, 0.29) is 0 Å². The summed E-state index contributed by atoms with van der Waals surface area (Å²) in [5.74, 6) is -1.69. The minimum absolute atomic E-state index is 0.351. The van der Waals surface area contributed by atoms with Crippen molar-refractivity contribution >= 4 is 35.3 Å². The average Bonchev–Trinajstić information content (AvgIpc) is 2.82. The van der Waals surface area contributed by atoms with Crippen molar-refractivity contribution in [3.63, 3.8) is 0 Å². The lowest BCUT2D eigenvalue weighted by atomic mass is 9.95. The van der Waals surface area contributed by atoms with E-state index in [1.165, 1.54) is 12.1 Å². The fourth-order valence-corrected chi connectivity index (χ4v) is 2.76. The van der Waals surface area contributed by atoms with Crippen molar-refractivity contribution in [2.45, 2.75) is 38.6 Å². The van der Waals surface area contributed by atoms with Crippen molar-refractivity contribution < 1.29 is 23.9 Å². The summed E-state index contributed by atoms with van der Waals surface area (Å²) >= 11 is 5.75. The zero-order chi connectivity index (χ0) is 19.3. The molecule has 0 spiro atoms. The fraction of sp³-hybridized carbons (Fsp3) is 0.444. The first-order chi connectivity index (χ1) is 12.3. The molecular formula is C18H21ClN2O5. The van der Waals surface area contributed by atoms with E-state index in [2.05, 4.69) is 5.32 Å². The number of unbranched alkanes of at least 4 members (excludes halogenated alkanes) is 1. The molecule has 1 N–H and O–H groups in total. The molecule has 2 rings (SSSR count). The molecule has 1 fully saturated rings. The lowest BCUT2D eigenvalue weighted by molar-refractivity contribution is -0.146. The molecule has 0 saturated carbocycles. The van der Waals surface area contributed by atoms with Gasteiger partial charge in [0, 0.05) is 10.6 Å². The van der Waals surface area contributed by atoms with Crippen LogP contribution in [0.3, 0.4) is 0 Å². The van der Waals surface area contributed by atoms with Crippen LogP contribution < -0.4 is 5.32 Å². The van der Waals surface area contributed by atoms with Crippen LogP contribution in [0.2, 0.25) is 5.02 Å². The Bertz CT molecular complexity index is 719. The standard InChI is InChI=1S/C18H21ClN2O5/c1-3-4-9-18(2)16(24)21(17(25)20-18)10-15(23)26-11-14(22)12-5-7-13(19)8-6-12/h5-8H,3-4,9-11H2,1-2H3,(H,20,25)/t18-/m0/s1. The molecule has 140 valence electrons. The summed E-state index contributed by atoms with van der Waals surface area (Å²) in [5, 5.41) is 3.11. The van der Waals surface area contributed by atoms with Gasteiger partial charge < -0.3 is 10.1 Å². The molecule has 1 aliphatic heterocycles. The fourth-order valence-electron chi connectivity index (χ4n) is 2.63. The molecule has 1 aromatic rings. The van der Waals surface area contributed by atoms with Crippen molar-refractivity contribution in [1.82, 2.24) is 10.2 Å². The number of rotatable bonds is 8. The number of benzene rings is 1. The van der Waals surface area contributed by atoms with Crippen molar-refractivity contribution in [3.8, 4) is 0 Å². The van der Waals surface area contributed by atoms with Crippen LogP contribution in [0.4, 0.5) is 4.79 Å². The predicted octanol–water partition coefficient (Wildman–Crippen LogP) is 2.57. The van der Waals surface area contributed by atoms with E-state index in [9.17, 15) is 19.2 Å². The van der Waals surface area contributed by atoms with Crippen LogP contribution in [0.1, 0.15) is 43.5 Å². The Morgan fingerprint density at radius 3 is 2.50 bits per heavy atom. The molecule has 1 atom stereocenters. The maximum atomic E-state index is 12.4. The van der Waals surface area contributed by atoms with Crippen LogP contribution in [-0.2, 0) is 14.3 Å². The summed E-state index contributed by atoms with van der Waals surface area (Å²) in [5.41, 5.74) is -0.656. The molecule has 8 heteroatoms. The van der Waals surface area contributed by atoms with Gasteiger partial charge in [0.15, 0.2) is 12.4 Å². The number of esters is 1. The number of hydrogen-bond donors (Lipinski definition) is 1. The lowest BCUT2D eigenvalue weighted by Crippen LogP contribution is -2.44. The number of carbonyl (C=O) groups is 4. The maximum absolute atomic E-state index is 12.4. The number of ketones is 1. The predicted molar refractivity (Wildman–Crippen MR) is 94.9 cm³/mol. The summed E-state index contributed by atoms with van der Waals surface area (Å²) in [6.07, 6.45) is 2.15. The monoisotopic (exact) mass is 380 g/mol. The molecule has 0 unspecified atom stereocenters. The molecule has 0 bridgehead atoms. The number of carbonyl (C=O) groups excluding carboxylic acids is 4. The second kappa shape index (κ2) is 8.31. The number of halogens is 1. The zero-order valence-corrected chi connectivity index (χ0v) is 15.5. The molecule has 1 aliphatic rings. The quantitative estimate of drug-likeness (QED) is 0.425. The lowest BCUT2D eigenvalue weighted by Gasteiger charge is -2.21. The second-order valence-corrected chi connectivity index (χ2v) is 6.78.